The maximum absolute atomic E-state index is 10.4. The highest BCUT2D eigenvalue weighted by atomic mass is 16.4. The Hall–Kier alpha value is -2.04. The van der Waals surface area contributed by atoms with Crippen LogP contribution in [-0.2, 0) is 11.3 Å². The Balaban J connectivity index is 2.51. The van der Waals surface area contributed by atoms with E-state index in [1.54, 1.807) is 24.4 Å². The molecule has 3 N–H and O–H groups in total. The molecule has 0 fully saturated rings. The van der Waals surface area contributed by atoms with E-state index >= 15 is 0 Å². The normalized spacial score (nSPS) is 10.6. The first-order valence-electron chi connectivity index (χ1n) is 4.10. The number of nitrogens with two attached hydrogens (primary N) is 1. The first-order chi connectivity index (χ1) is 6.66. The molecule has 5 nitrogen and oxygen atoms in total. The number of aromatic nitrogens is 2. The van der Waals surface area contributed by atoms with Crippen molar-refractivity contribution in [2.75, 3.05) is 5.73 Å². The van der Waals surface area contributed by atoms with Crippen LogP contribution < -0.4 is 5.73 Å². The van der Waals surface area contributed by atoms with Crippen molar-refractivity contribution < 1.29 is 9.90 Å². The highest BCUT2D eigenvalue weighted by Gasteiger charge is 2.05. The summed E-state index contributed by atoms with van der Waals surface area (Å²) < 4.78 is 1.36. The predicted molar refractivity (Wildman–Crippen MR) is 51.8 cm³/mol. The molecule has 5 heteroatoms. The molecule has 0 unspecified atom stereocenters. The van der Waals surface area contributed by atoms with Crippen LogP contribution in [0.5, 0.6) is 0 Å². The highest BCUT2D eigenvalue weighted by Crippen LogP contribution is 2.18. The van der Waals surface area contributed by atoms with Crippen LogP contribution >= 0.6 is 0 Å². The van der Waals surface area contributed by atoms with Gasteiger partial charge in [0, 0.05) is 17.3 Å². The van der Waals surface area contributed by atoms with E-state index in [1.807, 2.05) is 0 Å². The monoisotopic (exact) mass is 191 g/mol. The molecule has 2 rings (SSSR count). The lowest BCUT2D eigenvalue weighted by Crippen LogP contribution is -2.08. The topological polar surface area (TPSA) is 81.1 Å². The number of hydrogen-bond acceptors (Lipinski definition) is 3. The summed E-state index contributed by atoms with van der Waals surface area (Å²) in [6.07, 6.45) is 1.64. The predicted octanol–water partition coefficient (Wildman–Crippen LogP) is 0.703. The number of nitrogens with zero attached hydrogens (tertiary/aromatic N) is 2. The summed E-state index contributed by atoms with van der Waals surface area (Å²) in [7, 11) is 0. The molecule has 0 bridgehead atoms. The molecule has 72 valence electrons. The van der Waals surface area contributed by atoms with Gasteiger partial charge in [-0.2, -0.15) is 5.10 Å². The van der Waals surface area contributed by atoms with Crippen molar-refractivity contribution in [1.82, 2.24) is 9.78 Å². The molecule has 1 aromatic carbocycles. The summed E-state index contributed by atoms with van der Waals surface area (Å²) >= 11 is 0. The van der Waals surface area contributed by atoms with Crippen LogP contribution in [0.25, 0.3) is 10.9 Å². The summed E-state index contributed by atoms with van der Waals surface area (Å²) in [4.78, 5) is 10.4. The molecule has 1 heterocycles. The fraction of sp³-hybridized carbons (Fsp3) is 0.111. The Labute approximate surface area is 79.7 Å². The van der Waals surface area contributed by atoms with Crippen LogP contribution in [-0.4, -0.2) is 20.9 Å². The minimum Gasteiger partial charge on any atom is -0.480 e. The van der Waals surface area contributed by atoms with Gasteiger partial charge in [-0.15, -0.1) is 0 Å². The summed E-state index contributed by atoms with van der Waals surface area (Å²) in [6.45, 7) is -0.145. The molecule has 14 heavy (non-hydrogen) atoms. The minimum atomic E-state index is -0.920. The molecule has 2 aromatic rings. The molecule has 0 radical (unpaired) electrons. The summed E-state index contributed by atoms with van der Waals surface area (Å²) in [5, 5.41) is 13.4. The molecule has 0 saturated carbocycles. The van der Waals surface area contributed by atoms with Crippen LogP contribution in [0.3, 0.4) is 0 Å². The third kappa shape index (κ3) is 1.39. The number of aliphatic carboxylic acids is 1. The molecule has 0 aliphatic rings. The van der Waals surface area contributed by atoms with E-state index in [1.165, 1.54) is 4.68 Å². The first kappa shape index (κ1) is 8.55. The van der Waals surface area contributed by atoms with Crippen LogP contribution in [0.1, 0.15) is 0 Å². The van der Waals surface area contributed by atoms with Crippen LogP contribution in [0, 0.1) is 0 Å². The molecule has 0 saturated heterocycles. The number of carboxylic acid groups (broad SMARTS) is 1. The van der Waals surface area contributed by atoms with Crippen molar-refractivity contribution >= 4 is 22.6 Å². The van der Waals surface area contributed by atoms with Crippen molar-refractivity contribution in [2.45, 2.75) is 6.54 Å². The number of fused-ring (bicyclic) bond motifs is 1. The Morgan fingerprint density at radius 2 is 2.36 bits per heavy atom. The number of rotatable bonds is 2. The van der Waals surface area contributed by atoms with Gasteiger partial charge in [-0.1, -0.05) is 6.07 Å². The highest BCUT2D eigenvalue weighted by molar-refractivity contribution is 5.89. The summed E-state index contributed by atoms with van der Waals surface area (Å²) in [5.74, 6) is -0.920. The van der Waals surface area contributed by atoms with E-state index in [9.17, 15) is 4.79 Å². The van der Waals surface area contributed by atoms with Crippen molar-refractivity contribution in [2.24, 2.45) is 0 Å². The number of nitrogen functional groups attached to an aromatic ring is 1. The molecule has 0 spiro atoms. The van der Waals surface area contributed by atoms with Crippen LogP contribution in [0.15, 0.2) is 24.4 Å². The second-order valence-electron chi connectivity index (χ2n) is 3.00. The van der Waals surface area contributed by atoms with Gasteiger partial charge in [-0.3, -0.25) is 9.48 Å². The average molecular weight is 191 g/mol. The second kappa shape index (κ2) is 3.02. The van der Waals surface area contributed by atoms with E-state index in [-0.39, 0.29) is 6.54 Å². The molecule has 0 aliphatic heterocycles. The fourth-order valence-electron chi connectivity index (χ4n) is 1.33. The lowest BCUT2D eigenvalue weighted by molar-refractivity contribution is -0.137. The minimum absolute atomic E-state index is 0.145. The zero-order valence-corrected chi connectivity index (χ0v) is 7.34. The molecule has 0 atom stereocenters. The fourth-order valence-corrected chi connectivity index (χ4v) is 1.33. The third-order valence-corrected chi connectivity index (χ3v) is 1.93. The number of benzene rings is 1. The van der Waals surface area contributed by atoms with Gasteiger partial charge >= 0.3 is 5.97 Å². The van der Waals surface area contributed by atoms with Crippen molar-refractivity contribution in [1.29, 1.82) is 0 Å². The van der Waals surface area contributed by atoms with Gasteiger partial charge in [0.25, 0.3) is 0 Å². The van der Waals surface area contributed by atoms with Gasteiger partial charge in [0.05, 0.1) is 5.52 Å². The van der Waals surface area contributed by atoms with E-state index < -0.39 is 5.97 Å². The molecule has 1 aromatic heterocycles. The average Bonchev–Trinajstić information content (AvgIpc) is 2.47. The van der Waals surface area contributed by atoms with Crippen molar-refractivity contribution in [3.05, 3.63) is 24.4 Å². The first-order valence-corrected chi connectivity index (χ1v) is 4.10. The SMILES string of the molecule is Nc1cccc2nn(CC(=O)O)cc12. The number of carboxylic acids is 1. The third-order valence-electron chi connectivity index (χ3n) is 1.93. The van der Waals surface area contributed by atoms with E-state index in [4.69, 9.17) is 10.8 Å². The van der Waals surface area contributed by atoms with Gasteiger partial charge in [0.2, 0.25) is 0 Å². The molecular formula is C9H9N3O2. The number of carbonyl (C=O) groups is 1. The second-order valence-corrected chi connectivity index (χ2v) is 3.00. The lowest BCUT2D eigenvalue weighted by atomic mass is 10.2. The van der Waals surface area contributed by atoms with Crippen molar-refractivity contribution in [3.8, 4) is 0 Å². The Kier molecular flexibility index (Phi) is 1.85. The quantitative estimate of drug-likeness (QED) is 0.685. The molecule has 0 aliphatic carbocycles. The van der Waals surface area contributed by atoms with Gasteiger partial charge < -0.3 is 10.8 Å². The number of hydrogen-bond donors (Lipinski definition) is 2. The standard InChI is InChI=1S/C9H9N3O2/c10-7-2-1-3-8-6(7)4-12(11-8)5-9(13)14/h1-4H,5,10H2,(H,13,14). The van der Waals surface area contributed by atoms with Crippen LogP contribution in [0.2, 0.25) is 0 Å². The largest absolute Gasteiger partial charge is 0.480 e. The number of anilines is 1. The van der Waals surface area contributed by atoms with Gasteiger partial charge in [0.1, 0.15) is 6.54 Å². The van der Waals surface area contributed by atoms with Gasteiger partial charge in [-0.05, 0) is 12.1 Å². The summed E-state index contributed by atoms with van der Waals surface area (Å²) in [6, 6.07) is 5.34. The van der Waals surface area contributed by atoms with E-state index in [0.717, 1.165) is 5.39 Å². The zero-order valence-electron chi connectivity index (χ0n) is 7.34. The molecular weight excluding hydrogens is 182 g/mol. The van der Waals surface area contributed by atoms with Crippen LogP contribution in [0.4, 0.5) is 5.69 Å². The Morgan fingerprint density at radius 3 is 3.00 bits per heavy atom. The smallest absolute Gasteiger partial charge is 0.325 e. The van der Waals surface area contributed by atoms with Gasteiger partial charge in [-0.25, -0.2) is 0 Å². The lowest BCUT2D eigenvalue weighted by Gasteiger charge is -1.92. The van der Waals surface area contributed by atoms with Gasteiger partial charge in [0.15, 0.2) is 0 Å². The maximum atomic E-state index is 10.4. The zero-order chi connectivity index (χ0) is 10.1. The Bertz CT molecular complexity index is 490. The van der Waals surface area contributed by atoms with Crippen molar-refractivity contribution in [3.63, 3.8) is 0 Å². The Morgan fingerprint density at radius 1 is 1.57 bits per heavy atom. The van der Waals surface area contributed by atoms with E-state index in [0.29, 0.717) is 11.2 Å². The summed E-state index contributed by atoms with van der Waals surface area (Å²) in [5.41, 5.74) is 7.02. The maximum Gasteiger partial charge on any atom is 0.325 e. The van der Waals surface area contributed by atoms with E-state index in [2.05, 4.69) is 5.10 Å². The molecule has 0 amide bonds.